The Hall–Kier alpha value is -0.920. The maximum Gasteiger partial charge on any atom is 0.183 e. The second-order valence-corrected chi connectivity index (χ2v) is 6.33. The molecule has 0 bridgehead atoms. The lowest BCUT2D eigenvalue weighted by atomic mass is 10.3. The highest BCUT2D eigenvalue weighted by molar-refractivity contribution is 7.15. The van der Waals surface area contributed by atoms with Crippen LogP contribution in [0.2, 0.25) is 9.49 Å². The minimum atomic E-state index is -0.367. The minimum absolute atomic E-state index is 0.367. The Morgan fingerprint density at radius 1 is 1.29 bits per heavy atom. The van der Waals surface area contributed by atoms with Crippen molar-refractivity contribution in [1.82, 2.24) is 9.97 Å². The molecule has 0 aromatic carbocycles. The van der Waals surface area contributed by atoms with Gasteiger partial charge in [0.05, 0.1) is 13.1 Å². The fraction of sp³-hybridized carbons (Fsp3) is 0.385. The average molecular weight is 348 g/mol. The summed E-state index contributed by atoms with van der Waals surface area (Å²) in [5, 5.41) is 0.624. The number of hydrogen-bond donors (Lipinski definition) is 0. The van der Waals surface area contributed by atoms with Gasteiger partial charge in [-0.3, -0.25) is 0 Å². The van der Waals surface area contributed by atoms with Crippen LogP contribution in [0.25, 0.3) is 0 Å². The molecule has 114 valence electrons. The molecule has 8 heteroatoms. The summed E-state index contributed by atoms with van der Waals surface area (Å²) in [6, 6.07) is 3.53. The lowest BCUT2D eigenvalue weighted by molar-refractivity contribution is -0.0951. The van der Waals surface area contributed by atoms with E-state index in [4.69, 9.17) is 32.7 Å². The van der Waals surface area contributed by atoms with Crippen LogP contribution in [-0.4, -0.2) is 37.0 Å². The van der Waals surface area contributed by atoms with Crippen LogP contribution in [0.1, 0.15) is 4.88 Å². The Kier molecular flexibility index (Phi) is 6.20. The molecular weight excluding hydrogens is 333 g/mol. The summed E-state index contributed by atoms with van der Waals surface area (Å²) >= 11 is 13.3. The molecule has 0 saturated carbocycles. The van der Waals surface area contributed by atoms with Crippen LogP contribution in [0, 0.1) is 0 Å². The molecule has 2 aromatic heterocycles. The Labute approximate surface area is 137 Å². The van der Waals surface area contributed by atoms with Gasteiger partial charge >= 0.3 is 0 Å². The maximum absolute atomic E-state index is 6.04. The minimum Gasteiger partial charge on any atom is -0.354 e. The molecule has 0 unspecified atom stereocenters. The zero-order valence-corrected chi connectivity index (χ0v) is 14.0. The van der Waals surface area contributed by atoms with Crippen molar-refractivity contribution >= 4 is 40.4 Å². The third-order valence-electron chi connectivity index (χ3n) is 2.80. The molecule has 0 aliphatic rings. The van der Waals surface area contributed by atoms with E-state index >= 15 is 0 Å². The Morgan fingerprint density at radius 2 is 2.05 bits per heavy atom. The van der Waals surface area contributed by atoms with Crippen molar-refractivity contribution in [1.29, 1.82) is 0 Å². The van der Waals surface area contributed by atoms with E-state index in [0.717, 1.165) is 10.7 Å². The fourth-order valence-electron chi connectivity index (χ4n) is 1.78. The van der Waals surface area contributed by atoms with Gasteiger partial charge in [-0.05, 0) is 12.1 Å². The van der Waals surface area contributed by atoms with Gasteiger partial charge in [0.1, 0.15) is 5.82 Å². The van der Waals surface area contributed by atoms with Gasteiger partial charge in [-0.25, -0.2) is 9.97 Å². The largest absolute Gasteiger partial charge is 0.354 e. The second kappa shape index (κ2) is 7.91. The molecule has 0 atom stereocenters. The van der Waals surface area contributed by atoms with E-state index in [1.807, 2.05) is 4.90 Å². The van der Waals surface area contributed by atoms with Crippen LogP contribution in [0.4, 0.5) is 5.82 Å². The summed E-state index contributed by atoms with van der Waals surface area (Å²) in [5.74, 6) is 0.742. The topological polar surface area (TPSA) is 47.5 Å². The van der Waals surface area contributed by atoms with Crippen molar-refractivity contribution in [2.45, 2.75) is 12.8 Å². The molecular formula is C13H15Cl2N3O2S. The Balaban J connectivity index is 2.20. The molecule has 5 nitrogen and oxygen atoms in total. The van der Waals surface area contributed by atoms with E-state index in [1.54, 1.807) is 38.7 Å². The molecule has 0 radical (unpaired) electrons. The first-order valence-electron chi connectivity index (χ1n) is 6.14. The van der Waals surface area contributed by atoms with E-state index in [9.17, 15) is 0 Å². The van der Waals surface area contributed by atoms with Crippen molar-refractivity contribution < 1.29 is 9.47 Å². The smallest absolute Gasteiger partial charge is 0.183 e. The third-order valence-corrected chi connectivity index (χ3v) is 4.13. The number of hydrogen-bond acceptors (Lipinski definition) is 6. The van der Waals surface area contributed by atoms with Crippen molar-refractivity contribution in [3.63, 3.8) is 0 Å². The van der Waals surface area contributed by atoms with Gasteiger partial charge in [0.15, 0.2) is 10.8 Å². The van der Waals surface area contributed by atoms with Crippen LogP contribution in [0.3, 0.4) is 0 Å². The fourth-order valence-corrected chi connectivity index (χ4v) is 2.92. The summed E-state index contributed by atoms with van der Waals surface area (Å²) in [6.45, 7) is 1.11. The molecule has 0 amide bonds. The van der Waals surface area contributed by atoms with Crippen LogP contribution in [-0.2, 0) is 16.0 Å². The highest BCUT2D eigenvalue weighted by Gasteiger charge is 2.16. The number of rotatable bonds is 7. The summed E-state index contributed by atoms with van der Waals surface area (Å²) in [7, 11) is 3.20. The molecule has 0 spiro atoms. The van der Waals surface area contributed by atoms with Gasteiger partial charge in [-0.2, -0.15) is 0 Å². The first kappa shape index (κ1) is 16.5. The molecule has 0 N–H and O–H groups in total. The molecule has 2 rings (SSSR count). The Morgan fingerprint density at radius 3 is 2.62 bits per heavy atom. The average Bonchev–Trinajstić information content (AvgIpc) is 2.88. The number of ether oxygens (including phenoxy) is 2. The van der Waals surface area contributed by atoms with Crippen LogP contribution in [0.5, 0.6) is 0 Å². The van der Waals surface area contributed by atoms with Gasteiger partial charge in [0, 0.05) is 36.5 Å². The van der Waals surface area contributed by atoms with Crippen LogP contribution >= 0.6 is 34.5 Å². The van der Waals surface area contributed by atoms with Gasteiger partial charge in [-0.15, -0.1) is 11.3 Å². The standard InChI is InChI=1S/C13H15Cl2N3O2S/c1-19-12(20-2)8-18(7-10-6-17-13(15)21-10)11-5-9(14)3-4-16-11/h3-6,12H,7-8H2,1-2H3. The van der Waals surface area contributed by atoms with E-state index in [-0.39, 0.29) is 6.29 Å². The number of pyridine rings is 1. The summed E-state index contributed by atoms with van der Waals surface area (Å²) in [4.78, 5) is 11.4. The lowest BCUT2D eigenvalue weighted by Gasteiger charge is -2.26. The van der Waals surface area contributed by atoms with Crippen molar-refractivity contribution in [2.75, 3.05) is 25.7 Å². The normalized spacial score (nSPS) is 11.1. The van der Waals surface area contributed by atoms with Crippen molar-refractivity contribution in [3.05, 3.63) is 38.9 Å². The number of halogens is 2. The number of anilines is 1. The summed E-state index contributed by atoms with van der Waals surface area (Å²) < 4.78 is 11.0. The first-order chi connectivity index (χ1) is 10.1. The van der Waals surface area contributed by atoms with E-state index in [1.165, 1.54) is 11.3 Å². The molecule has 0 saturated heterocycles. The maximum atomic E-state index is 6.04. The molecule has 0 aliphatic carbocycles. The SMILES string of the molecule is COC(CN(Cc1cnc(Cl)s1)c1cc(Cl)ccn1)OC. The van der Waals surface area contributed by atoms with E-state index in [0.29, 0.717) is 22.6 Å². The molecule has 0 fully saturated rings. The predicted molar refractivity (Wildman–Crippen MR) is 85.2 cm³/mol. The molecule has 0 aliphatic heterocycles. The van der Waals surface area contributed by atoms with Gasteiger partial charge in [-0.1, -0.05) is 23.2 Å². The molecule has 2 aromatic rings. The van der Waals surface area contributed by atoms with E-state index in [2.05, 4.69) is 9.97 Å². The zero-order valence-electron chi connectivity index (χ0n) is 11.6. The summed E-state index contributed by atoms with van der Waals surface area (Å²) in [5.41, 5.74) is 0. The van der Waals surface area contributed by atoms with Crippen LogP contribution in [0.15, 0.2) is 24.5 Å². The lowest BCUT2D eigenvalue weighted by Crippen LogP contribution is -2.34. The number of nitrogens with zero attached hydrogens (tertiary/aromatic N) is 3. The van der Waals surface area contributed by atoms with Gasteiger partial charge < -0.3 is 14.4 Å². The summed E-state index contributed by atoms with van der Waals surface area (Å²) in [6.07, 6.45) is 3.05. The highest BCUT2D eigenvalue weighted by atomic mass is 35.5. The van der Waals surface area contributed by atoms with E-state index < -0.39 is 0 Å². The first-order valence-corrected chi connectivity index (χ1v) is 7.72. The monoisotopic (exact) mass is 347 g/mol. The third kappa shape index (κ3) is 4.79. The van der Waals surface area contributed by atoms with Crippen molar-refractivity contribution in [3.8, 4) is 0 Å². The number of methoxy groups -OCH3 is 2. The molecule has 21 heavy (non-hydrogen) atoms. The quantitative estimate of drug-likeness (QED) is 0.717. The second-order valence-electron chi connectivity index (χ2n) is 4.19. The zero-order chi connectivity index (χ0) is 15.2. The predicted octanol–water partition coefficient (Wildman–Crippen LogP) is 3.47. The van der Waals surface area contributed by atoms with Crippen LogP contribution < -0.4 is 4.90 Å². The molecule has 2 heterocycles. The highest BCUT2D eigenvalue weighted by Crippen LogP contribution is 2.23. The van der Waals surface area contributed by atoms with Gasteiger partial charge in [0.2, 0.25) is 0 Å². The van der Waals surface area contributed by atoms with Crippen molar-refractivity contribution in [2.24, 2.45) is 0 Å². The number of aromatic nitrogens is 2. The van der Waals surface area contributed by atoms with Gasteiger partial charge in [0.25, 0.3) is 0 Å². The number of thiazole rings is 1. The Bertz CT molecular complexity index is 578.